The fourth-order valence-corrected chi connectivity index (χ4v) is 5.82. The molecule has 6 aromatic carbocycles. The summed E-state index contributed by atoms with van der Waals surface area (Å²) < 4.78 is 304. The van der Waals surface area contributed by atoms with Crippen molar-refractivity contribution in [2.45, 2.75) is 4.90 Å². The maximum atomic E-state index is 15.3. The minimum atomic E-state index is -5.37. The normalized spacial score (nSPS) is 11.8. The van der Waals surface area contributed by atoms with Crippen molar-refractivity contribution in [3.63, 3.8) is 0 Å². The van der Waals surface area contributed by atoms with Crippen LogP contribution in [-0.2, 0) is 10.1 Å². The molecule has 0 heterocycles. The van der Waals surface area contributed by atoms with E-state index in [1.807, 2.05) is 0 Å². The number of hydrogen-bond donors (Lipinski definition) is 1. The van der Waals surface area contributed by atoms with Gasteiger partial charge in [0.1, 0.15) is 11.5 Å². The Bertz CT molecular complexity index is 2800. The first kappa shape index (κ1) is 41.5. The van der Waals surface area contributed by atoms with Gasteiger partial charge in [0.25, 0.3) is 10.1 Å². The van der Waals surface area contributed by atoms with Crippen molar-refractivity contribution in [3.8, 4) is 45.3 Å². The largest absolute Gasteiger partial charge is 0.451 e. The van der Waals surface area contributed by atoms with E-state index in [2.05, 4.69) is 0 Å². The van der Waals surface area contributed by atoms with E-state index in [0.29, 0.717) is 24.3 Å². The summed E-state index contributed by atoms with van der Waals surface area (Å²) >= 11 is 0. The summed E-state index contributed by atoms with van der Waals surface area (Å²) in [5, 5.41) is -1.40. The molecule has 0 saturated carbocycles. The van der Waals surface area contributed by atoms with Crippen molar-refractivity contribution in [2.75, 3.05) is 0 Å². The van der Waals surface area contributed by atoms with Gasteiger partial charge in [-0.1, -0.05) is 6.07 Å². The highest BCUT2D eigenvalue weighted by molar-refractivity contribution is 7.85. The molecule has 58 heavy (non-hydrogen) atoms. The molecule has 0 atom stereocenters. The molecule has 0 aromatic heterocycles. The average molecular weight is 868 g/mol. The van der Waals surface area contributed by atoms with Gasteiger partial charge >= 0.3 is 0 Å². The molecule has 0 radical (unpaired) electrons. The summed E-state index contributed by atoms with van der Waals surface area (Å²) in [6.45, 7) is 0. The predicted octanol–water partition coefficient (Wildman–Crippen LogP) is 11.5. The third kappa shape index (κ3) is 6.35. The second-order valence-electron chi connectivity index (χ2n) is 11.3. The fourth-order valence-electron chi connectivity index (χ4n) is 5.29. The molecule has 0 unspecified atom stereocenters. The number of halogens is 18. The summed E-state index contributed by atoms with van der Waals surface area (Å²) in [6, 6.07) is 2.31. The van der Waals surface area contributed by atoms with Gasteiger partial charge in [-0.25, -0.2) is 61.5 Å². The topological polar surface area (TPSA) is 72.8 Å². The molecule has 0 bridgehead atoms. The van der Waals surface area contributed by atoms with Crippen molar-refractivity contribution in [1.29, 1.82) is 0 Å². The van der Waals surface area contributed by atoms with Gasteiger partial charge in [0.15, 0.2) is 69.8 Å². The van der Waals surface area contributed by atoms with Crippen LogP contribution in [0.2, 0.25) is 0 Å². The predicted molar refractivity (Wildman–Crippen MR) is 157 cm³/mol. The Morgan fingerprint density at radius 2 is 0.690 bits per heavy atom. The molecule has 0 aliphatic heterocycles. The lowest BCUT2D eigenvalue weighted by Crippen LogP contribution is -2.10. The van der Waals surface area contributed by atoms with E-state index in [-0.39, 0.29) is 6.07 Å². The van der Waals surface area contributed by atoms with Crippen LogP contribution in [0.3, 0.4) is 0 Å². The third-order valence-corrected chi connectivity index (χ3v) is 8.79. The van der Waals surface area contributed by atoms with Crippen molar-refractivity contribution < 1.29 is 101 Å². The van der Waals surface area contributed by atoms with Gasteiger partial charge in [-0.2, -0.15) is 26.0 Å². The Kier molecular flexibility index (Phi) is 10.2. The smallest absolute Gasteiger partial charge is 0.294 e. The quantitative estimate of drug-likeness (QED) is 0.0749. The molecule has 0 amide bonds. The lowest BCUT2D eigenvalue weighted by atomic mass is 10.0. The first-order chi connectivity index (χ1) is 26.9. The minimum absolute atomic E-state index is 0.146. The summed E-state index contributed by atoms with van der Waals surface area (Å²) in [6.07, 6.45) is 0. The molecule has 0 spiro atoms. The zero-order valence-corrected chi connectivity index (χ0v) is 27.5. The number of benzene rings is 6. The first-order valence-corrected chi connectivity index (χ1v) is 16.0. The van der Waals surface area contributed by atoms with E-state index in [0.717, 1.165) is 0 Å². The van der Waals surface area contributed by atoms with Crippen LogP contribution in [0.1, 0.15) is 0 Å². The van der Waals surface area contributed by atoms with E-state index in [4.69, 9.17) is 9.47 Å². The third-order valence-electron chi connectivity index (χ3n) is 7.96. The van der Waals surface area contributed by atoms with Crippen molar-refractivity contribution >= 4 is 20.9 Å². The Balaban J connectivity index is 1.51. The maximum absolute atomic E-state index is 15.3. The van der Waals surface area contributed by atoms with Gasteiger partial charge in [-0.05, 0) is 23.6 Å². The molecule has 24 heteroatoms. The zero-order chi connectivity index (χ0) is 43.2. The van der Waals surface area contributed by atoms with Gasteiger partial charge in [0, 0.05) is 11.5 Å². The lowest BCUT2D eigenvalue weighted by Gasteiger charge is -2.17. The summed E-state index contributed by atoms with van der Waals surface area (Å²) in [5.74, 6) is -57.7. The van der Waals surface area contributed by atoms with E-state index in [1.165, 1.54) is 0 Å². The van der Waals surface area contributed by atoms with Crippen LogP contribution < -0.4 is 9.47 Å². The highest BCUT2D eigenvalue weighted by atomic mass is 32.2. The number of hydrogen-bond acceptors (Lipinski definition) is 4. The van der Waals surface area contributed by atoms with Crippen LogP contribution in [0, 0.1) is 105 Å². The molecular weight excluding hydrogens is 862 g/mol. The van der Waals surface area contributed by atoms with Crippen molar-refractivity contribution in [2.24, 2.45) is 0 Å². The Labute approximate surface area is 307 Å². The van der Waals surface area contributed by atoms with E-state index < -0.39 is 176 Å². The Morgan fingerprint density at radius 1 is 0.379 bits per heavy atom. The second-order valence-corrected chi connectivity index (χ2v) is 12.7. The molecule has 0 saturated heterocycles. The first-order valence-electron chi connectivity index (χ1n) is 14.6. The number of rotatable bonds is 7. The van der Waals surface area contributed by atoms with E-state index >= 15 is 35.1 Å². The molecular formula is C34H6F18O5S. The molecule has 6 rings (SSSR count). The number of ether oxygens (including phenoxy) is 2. The molecule has 0 aliphatic rings. The monoisotopic (exact) mass is 868 g/mol. The lowest BCUT2D eigenvalue weighted by molar-refractivity contribution is 0.362. The van der Waals surface area contributed by atoms with Crippen molar-refractivity contribution in [1.82, 2.24) is 0 Å². The van der Waals surface area contributed by atoms with Gasteiger partial charge in [-0.3, -0.25) is 4.55 Å². The van der Waals surface area contributed by atoms with Gasteiger partial charge in [0.2, 0.25) is 46.4 Å². The van der Waals surface area contributed by atoms with Crippen LogP contribution in [-0.4, -0.2) is 13.0 Å². The Morgan fingerprint density at radius 3 is 1.03 bits per heavy atom. The van der Waals surface area contributed by atoms with E-state index in [1.54, 1.807) is 0 Å². The SMILES string of the molecule is O=S(=O)(O)c1cc(Oc2c(F)c(F)c(-c3c(F)c(F)c(F)c(F)c3F)c(F)c2F)c2cc(Oc3c(F)c(F)c(-c4c(F)c(F)c(F)c(F)c4F)c(F)c3F)ccc2c1. The highest BCUT2D eigenvalue weighted by Gasteiger charge is 2.37. The summed E-state index contributed by atoms with van der Waals surface area (Å²) in [5.41, 5.74) is -9.90. The fraction of sp³-hybridized carbons (Fsp3) is 0. The average Bonchev–Trinajstić information content (AvgIpc) is 3.18. The van der Waals surface area contributed by atoms with Crippen LogP contribution in [0.15, 0.2) is 35.2 Å². The van der Waals surface area contributed by atoms with Gasteiger partial charge < -0.3 is 9.47 Å². The summed E-state index contributed by atoms with van der Waals surface area (Å²) in [7, 11) is -5.37. The van der Waals surface area contributed by atoms with E-state index in [9.17, 15) is 56.9 Å². The number of fused-ring (bicyclic) bond motifs is 1. The molecule has 304 valence electrons. The molecule has 5 nitrogen and oxygen atoms in total. The van der Waals surface area contributed by atoms with Crippen LogP contribution in [0.5, 0.6) is 23.0 Å². The highest BCUT2D eigenvalue weighted by Crippen LogP contribution is 2.45. The second kappa shape index (κ2) is 14.3. The van der Waals surface area contributed by atoms with Gasteiger partial charge in [-0.15, -0.1) is 0 Å². The molecule has 0 aliphatic carbocycles. The molecule has 1 N–H and O–H groups in total. The zero-order valence-electron chi connectivity index (χ0n) is 26.7. The maximum Gasteiger partial charge on any atom is 0.294 e. The minimum Gasteiger partial charge on any atom is -0.451 e. The standard InChI is InChI=1S/C34H6F18O5S/c35-15-11(16(36)24(44)27(47)23(15)43)13-19(39)29(49)33(30(50)20(13)40)56-7-2-1-6-3-8(58(53,54)55)5-10(9(6)4-7)57-34-31(51)21(41)14(22(42)32(34)52)12-17(37)25(45)28(48)26(46)18(12)38/h1-5H,(H,53,54,55). The van der Waals surface area contributed by atoms with Crippen LogP contribution in [0.4, 0.5) is 79.0 Å². The van der Waals surface area contributed by atoms with Crippen molar-refractivity contribution in [3.05, 3.63) is 135 Å². The summed E-state index contributed by atoms with van der Waals surface area (Å²) in [4.78, 5) is -1.24. The van der Waals surface area contributed by atoms with Crippen LogP contribution in [0.25, 0.3) is 33.0 Å². The van der Waals surface area contributed by atoms with Gasteiger partial charge in [0.05, 0.1) is 27.1 Å². The molecule has 6 aromatic rings. The van der Waals surface area contributed by atoms with Crippen LogP contribution >= 0.6 is 0 Å². The molecule has 0 fully saturated rings. The Hall–Kier alpha value is -6.17.